The number of anilines is 1. The number of benzene rings is 2. The molecule has 2 aliphatic heterocycles. The van der Waals surface area contributed by atoms with Crippen LogP contribution in [0.25, 0.3) is 0 Å². The van der Waals surface area contributed by atoms with Crippen LogP contribution < -0.4 is 9.64 Å². The number of ether oxygens (including phenoxy) is 1. The summed E-state index contributed by atoms with van der Waals surface area (Å²) in [4.78, 5) is 41.3. The first-order valence-electron chi connectivity index (χ1n) is 13.1. The molecule has 8 heteroatoms. The van der Waals surface area contributed by atoms with Crippen LogP contribution in [0, 0.1) is 0 Å². The Hall–Kier alpha value is -2.97. The second-order valence-corrected chi connectivity index (χ2v) is 16.3. The van der Waals surface area contributed by atoms with Gasteiger partial charge in [-0.2, -0.15) is 0 Å². The highest BCUT2D eigenvalue weighted by Gasteiger charge is 2.38. The lowest BCUT2D eigenvalue weighted by atomic mass is 10.1. The Kier molecular flexibility index (Phi) is 7.62. The van der Waals surface area contributed by atoms with Gasteiger partial charge >= 0.3 is 0 Å². The first-order chi connectivity index (χ1) is 17.4. The van der Waals surface area contributed by atoms with Crippen molar-refractivity contribution in [2.24, 2.45) is 0 Å². The average molecular weight is 523 g/mol. The Bertz CT molecular complexity index is 1170. The van der Waals surface area contributed by atoms with Crippen LogP contribution in [0.4, 0.5) is 5.69 Å². The van der Waals surface area contributed by atoms with Crippen molar-refractivity contribution in [3.05, 3.63) is 59.2 Å². The van der Waals surface area contributed by atoms with E-state index in [0.717, 1.165) is 23.4 Å². The Labute approximate surface area is 220 Å². The molecule has 0 fully saturated rings. The zero-order valence-corrected chi connectivity index (χ0v) is 23.8. The highest BCUT2D eigenvalue weighted by molar-refractivity contribution is 6.74. The summed E-state index contributed by atoms with van der Waals surface area (Å²) in [6, 6.07) is 12.7. The number of hydrogen-bond acceptors (Lipinski definition) is 5. The summed E-state index contributed by atoms with van der Waals surface area (Å²) in [5, 5.41) is 0.140. The van der Waals surface area contributed by atoms with Crippen LogP contribution >= 0.6 is 0 Å². The zero-order chi connectivity index (χ0) is 27.0. The molecule has 4 rings (SSSR count). The zero-order valence-electron chi connectivity index (χ0n) is 22.8. The van der Waals surface area contributed by atoms with Gasteiger partial charge < -0.3 is 14.1 Å². The molecule has 0 aromatic heterocycles. The normalized spacial score (nSPS) is 16.2. The summed E-state index contributed by atoms with van der Waals surface area (Å²) in [7, 11) is -1.86. The molecule has 2 aromatic rings. The highest BCUT2D eigenvalue weighted by atomic mass is 28.4. The lowest BCUT2D eigenvalue weighted by Crippen LogP contribution is -2.43. The number of fused-ring (bicyclic) bond motifs is 2. The van der Waals surface area contributed by atoms with Gasteiger partial charge in [0.25, 0.3) is 11.8 Å². The van der Waals surface area contributed by atoms with Crippen molar-refractivity contribution in [1.29, 1.82) is 0 Å². The van der Waals surface area contributed by atoms with Crippen molar-refractivity contribution in [2.45, 2.75) is 71.2 Å². The molecule has 0 spiro atoms. The molecule has 37 heavy (non-hydrogen) atoms. The van der Waals surface area contributed by atoms with E-state index >= 15 is 0 Å². The van der Waals surface area contributed by atoms with Gasteiger partial charge in [0, 0.05) is 25.1 Å². The van der Waals surface area contributed by atoms with E-state index in [2.05, 4.69) is 33.9 Å². The van der Waals surface area contributed by atoms with E-state index in [4.69, 9.17) is 9.16 Å². The highest BCUT2D eigenvalue weighted by Crippen LogP contribution is 2.38. The number of hydrogen-bond donors (Lipinski definition) is 0. The third-order valence-electron chi connectivity index (χ3n) is 7.75. The number of rotatable bonds is 9. The van der Waals surface area contributed by atoms with E-state index in [0.29, 0.717) is 30.7 Å². The molecule has 0 saturated heterocycles. The predicted octanol–water partition coefficient (Wildman–Crippen LogP) is 5.44. The lowest BCUT2D eigenvalue weighted by Gasteiger charge is -2.37. The SMILES string of the molecule is CC(CO[Si](C)(C)C(C)(C)C)Oc1cccc2c1CCN2C(=O)CCCN1C(=O)c2ccccc2C1=O. The minimum Gasteiger partial charge on any atom is -0.488 e. The molecule has 198 valence electrons. The van der Waals surface area contributed by atoms with Gasteiger partial charge in [0.15, 0.2) is 8.32 Å². The summed E-state index contributed by atoms with van der Waals surface area (Å²) in [5.74, 6) is 0.216. The van der Waals surface area contributed by atoms with Crippen LogP contribution in [0.15, 0.2) is 42.5 Å². The van der Waals surface area contributed by atoms with Gasteiger partial charge in [-0.1, -0.05) is 39.0 Å². The Morgan fingerprint density at radius 2 is 1.68 bits per heavy atom. The van der Waals surface area contributed by atoms with Crippen molar-refractivity contribution >= 4 is 31.7 Å². The second-order valence-electron chi connectivity index (χ2n) is 11.5. The van der Waals surface area contributed by atoms with Gasteiger partial charge in [-0.05, 0) is 62.2 Å². The van der Waals surface area contributed by atoms with E-state index in [9.17, 15) is 14.4 Å². The molecule has 2 aliphatic rings. The lowest BCUT2D eigenvalue weighted by molar-refractivity contribution is -0.118. The smallest absolute Gasteiger partial charge is 0.261 e. The fourth-order valence-electron chi connectivity index (χ4n) is 4.53. The molecule has 1 atom stereocenters. The molecule has 0 aliphatic carbocycles. The van der Waals surface area contributed by atoms with Crippen molar-refractivity contribution in [2.75, 3.05) is 24.6 Å². The number of amides is 3. The van der Waals surface area contributed by atoms with Crippen LogP contribution in [0.3, 0.4) is 0 Å². The van der Waals surface area contributed by atoms with E-state index in [-0.39, 0.29) is 41.8 Å². The topological polar surface area (TPSA) is 76.2 Å². The maximum Gasteiger partial charge on any atom is 0.261 e. The number of carbonyl (C=O) groups is 3. The van der Waals surface area contributed by atoms with Crippen LogP contribution in [0.2, 0.25) is 18.1 Å². The number of nitrogens with zero attached hydrogens (tertiary/aromatic N) is 2. The van der Waals surface area contributed by atoms with Gasteiger partial charge in [-0.3, -0.25) is 19.3 Å². The van der Waals surface area contributed by atoms with Gasteiger partial charge in [-0.15, -0.1) is 0 Å². The molecule has 7 nitrogen and oxygen atoms in total. The maximum absolute atomic E-state index is 13.1. The largest absolute Gasteiger partial charge is 0.488 e. The van der Waals surface area contributed by atoms with Crippen molar-refractivity contribution < 1.29 is 23.5 Å². The van der Waals surface area contributed by atoms with Gasteiger partial charge in [0.1, 0.15) is 11.9 Å². The Balaban J connectivity index is 1.33. The first kappa shape index (κ1) is 27.1. The third-order valence-corrected chi connectivity index (χ3v) is 12.3. The summed E-state index contributed by atoms with van der Waals surface area (Å²) in [6.45, 7) is 14.5. The van der Waals surface area contributed by atoms with E-state index in [1.54, 1.807) is 29.2 Å². The number of imide groups is 1. The molecule has 0 N–H and O–H groups in total. The molecule has 2 aromatic carbocycles. The summed E-state index contributed by atoms with van der Waals surface area (Å²) in [5.41, 5.74) is 2.78. The molecule has 0 radical (unpaired) electrons. The van der Waals surface area contributed by atoms with Crippen LogP contribution in [-0.2, 0) is 15.6 Å². The molecule has 0 bridgehead atoms. The monoisotopic (exact) mass is 522 g/mol. The van der Waals surface area contributed by atoms with Crippen molar-refractivity contribution in [3.63, 3.8) is 0 Å². The first-order valence-corrected chi connectivity index (χ1v) is 16.0. The standard InChI is InChI=1S/C29H38N2O5Si/c1-20(19-35-37(5,6)29(2,3)4)36-25-14-9-13-24-23(25)16-18-30(24)26(32)15-10-17-31-27(33)21-11-7-8-12-22(21)28(31)34/h7-9,11-14,20H,10,15-19H2,1-6H3. The second kappa shape index (κ2) is 10.4. The maximum atomic E-state index is 13.1. The minimum atomic E-state index is -1.86. The molecule has 2 heterocycles. The third kappa shape index (κ3) is 5.50. The summed E-state index contributed by atoms with van der Waals surface area (Å²) < 4.78 is 12.6. The fourth-order valence-corrected chi connectivity index (χ4v) is 5.61. The molecule has 3 amide bonds. The summed E-state index contributed by atoms with van der Waals surface area (Å²) in [6.07, 6.45) is 1.30. The van der Waals surface area contributed by atoms with E-state index in [1.807, 2.05) is 25.1 Å². The quantitative estimate of drug-likeness (QED) is 0.324. The van der Waals surface area contributed by atoms with Crippen molar-refractivity contribution in [3.8, 4) is 5.75 Å². The van der Waals surface area contributed by atoms with E-state index in [1.165, 1.54) is 4.90 Å². The average Bonchev–Trinajstić information content (AvgIpc) is 3.38. The molecule has 0 saturated carbocycles. The van der Waals surface area contributed by atoms with Crippen molar-refractivity contribution in [1.82, 2.24) is 4.90 Å². The predicted molar refractivity (Wildman–Crippen MR) is 147 cm³/mol. The minimum absolute atomic E-state index is 0.0122. The Morgan fingerprint density at radius 1 is 1.03 bits per heavy atom. The molecule has 1 unspecified atom stereocenters. The summed E-state index contributed by atoms with van der Waals surface area (Å²) >= 11 is 0. The number of carbonyl (C=O) groups excluding carboxylic acids is 3. The fraction of sp³-hybridized carbons (Fsp3) is 0.483. The Morgan fingerprint density at radius 3 is 2.30 bits per heavy atom. The van der Waals surface area contributed by atoms with Gasteiger partial charge in [-0.25, -0.2) is 0 Å². The molecular weight excluding hydrogens is 484 g/mol. The van der Waals surface area contributed by atoms with Crippen LogP contribution in [0.1, 0.15) is 66.8 Å². The van der Waals surface area contributed by atoms with Gasteiger partial charge in [0.2, 0.25) is 5.91 Å². The molecular formula is C29H38N2O5Si. The van der Waals surface area contributed by atoms with Gasteiger partial charge in [0.05, 0.1) is 23.4 Å². The van der Waals surface area contributed by atoms with E-state index < -0.39 is 8.32 Å². The van der Waals surface area contributed by atoms with Crippen LogP contribution in [0.5, 0.6) is 5.75 Å². The van der Waals surface area contributed by atoms with Crippen LogP contribution in [-0.4, -0.2) is 56.7 Å².